The molecule has 43 heavy (non-hydrogen) atoms. The molecule has 3 N–H and O–H groups in total. The number of nitrogens with zero attached hydrogens (tertiary/aromatic N) is 4. The maximum Gasteiger partial charge on any atom is 0.228 e. The molecule has 1 aliphatic rings. The lowest BCUT2D eigenvalue weighted by Gasteiger charge is -2.52. The molecule has 9 nitrogen and oxygen atoms in total. The Hall–Kier alpha value is -4.92. The number of ether oxygens (including phenoxy) is 2. The molecule has 1 unspecified atom stereocenters. The molecular weight excluding hydrogens is 540 g/mol. The number of piperidine rings is 1. The number of nitrogen functional groups attached to an aromatic ring is 1. The van der Waals surface area contributed by atoms with Crippen LogP contribution in [0.4, 0.5) is 5.82 Å². The number of anilines is 1. The van der Waals surface area contributed by atoms with Crippen LogP contribution in [-0.4, -0.2) is 58.1 Å². The normalized spacial score (nSPS) is 16.0. The average molecular weight is 577 g/mol. The van der Waals surface area contributed by atoms with Crippen molar-refractivity contribution in [2.24, 2.45) is 0 Å². The van der Waals surface area contributed by atoms with Crippen molar-refractivity contribution in [2.75, 3.05) is 33.0 Å². The number of hydrogen-bond acceptors (Lipinski definition) is 7. The van der Waals surface area contributed by atoms with E-state index in [-0.39, 0.29) is 12.3 Å². The zero-order chi connectivity index (χ0) is 30.0. The highest BCUT2D eigenvalue weighted by atomic mass is 16.5. The zero-order valence-electron chi connectivity index (χ0n) is 24.7. The largest absolute Gasteiger partial charge is 0.493 e. The first-order valence-electron chi connectivity index (χ1n) is 14.5. The van der Waals surface area contributed by atoms with Crippen LogP contribution in [0, 0.1) is 0 Å². The molecule has 1 saturated heterocycles. The number of fused-ring (bicyclic) bond motifs is 1. The third-order valence-electron chi connectivity index (χ3n) is 9.13. The fourth-order valence-corrected chi connectivity index (χ4v) is 6.68. The number of nitrogens with one attached hydrogen (secondary N) is 1. The molecule has 1 atom stereocenters. The van der Waals surface area contributed by atoms with Gasteiger partial charge in [0.2, 0.25) is 5.91 Å². The molecule has 5 aromatic rings. The molecule has 0 aliphatic carbocycles. The minimum Gasteiger partial charge on any atom is -0.493 e. The van der Waals surface area contributed by atoms with Gasteiger partial charge in [-0.3, -0.25) is 9.78 Å². The van der Waals surface area contributed by atoms with Crippen molar-refractivity contribution in [3.8, 4) is 11.5 Å². The first-order chi connectivity index (χ1) is 20.9. The van der Waals surface area contributed by atoms with E-state index >= 15 is 0 Å². The van der Waals surface area contributed by atoms with Gasteiger partial charge >= 0.3 is 0 Å². The highest BCUT2D eigenvalue weighted by molar-refractivity contribution is 5.91. The number of carbonyl (C=O) groups excluding carboxylic acids is 1. The molecule has 3 aromatic heterocycles. The van der Waals surface area contributed by atoms with E-state index in [0.717, 1.165) is 11.4 Å². The van der Waals surface area contributed by atoms with Gasteiger partial charge in [-0.05, 0) is 55.7 Å². The molecule has 0 saturated carbocycles. The Kier molecular flexibility index (Phi) is 7.48. The highest BCUT2D eigenvalue weighted by Gasteiger charge is 2.55. The maximum absolute atomic E-state index is 13.4. The summed E-state index contributed by atoms with van der Waals surface area (Å²) in [5.74, 6) is 2.18. The molecule has 1 amide bonds. The predicted molar refractivity (Wildman–Crippen MR) is 166 cm³/mol. The molecular formula is C34H36N6O3. The van der Waals surface area contributed by atoms with Crippen molar-refractivity contribution in [1.82, 2.24) is 24.8 Å². The van der Waals surface area contributed by atoms with Gasteiger partial charge in [-0.25, -0.2) is 9.97 Å². The maximum atomic E-state index is 13.4. The minimum atomic E-state index is -0.733. The van der Waals surface area contributed by atoms with Crippen LogP contribution in [0.2, 0.25) is 0 Å². The van der Waals surface area contributed by atoms with Crippen molar-refractivity contribution >= 4 is 22.6 Å². The Balaban J connectivity index is 1.47. The number of carbonyl (C=O) groups is 1. The number of nitrogens with two attached hydrogens (primary N) is 1. The van der Waals surface area contributed by atoms with Crippen LogP contribution in [0.3, 0.4) is 0 Å². The number of benzene rings is 2. The van der Waals surface area contributed by atoms with Gasteiger partial charge in [-0.1, -0.05) is 36.4 Å². The highest BCUT2D eigenvalue weighted by Crippen LogP contribution is 2.53. The number of aromatic amines is 1. The van der Waals surface area contributed by atoms with Crippen LogP contribution < -0.4 is 15.2 Å². The van der Waals surface area contributed by atoms with Gasteiger partial charge < -0.3 is 25.1 Å². The third-order valence-corrected chi connectivity index (χ3v) is 9.13. The SMILES string of the molecule is COc1cc2nc(C(C)(c3ccc[nH]3)C3(c4ccccc4)CCN(C(=O)Cc4ccccn4)CC3)nc(N)c2cc1OC. The smallest absolute Gasteiger partial charge is 0.228 e. The van der Waals surface area contributed by atoms with Gasteiger partial charge in [0.25, 0.3) is 0 Å². The lowest BCUT2D eigenvalue weighted by Crippen LogP contribution is -2.56. The lowest BCUT2D eigenvalue weighted by molar-refractivity contribution is -0.132. The summed E-state index contributed by atoms with van der Waals surface area (Å²) in [5, 5.41) is 0.693. The van der Waals surface area contributed by atoms with Gasteiger partial charge in [0, 0.05) is 53.7 Å². The van der Waals surface area contributed by atoms with E-state index in [4.69, 9.17) is 25.2 Å². The number of methoxy groups -OCH3 is 2. The second-order valence-electron chi connectivity index (χ2n) is 11.2. The average Bonchev–Trinajstić information content (AvgIpc) is 3.60. The molecule has 2 aromatic carbocycles. The first kappa shape index (κ1) is 28.2. The van der Waals surface area contributed by atoms with Gasteiger partial charge in [0.15, 0.2) is 11.5 Å². The van der Waals surface area contributed by atoms with E-state index in [2.05, 4.69) is 47.2 Å². The summed E-state index contributed by atoms with van der Waals surface area (Å²) in [6.45, 7) is 3.37. The summed E-state index contributed by atoms with van der Waals surface area (Å²) < 4.78 is 11.1. The fraction of sp³-hybridized carbons (Fsp3) is 0.294. The van der Waals surface area contributed by atoms with Crippen molar-refractivity contribution in [3.63, 3.8) is 0 Å². The quantitative estimate of drug-likeness (QED) is 0.265. The van der Waals surface area contributed by atoms with Gasteiger partial charge in [-0.2, -0.15) is 0 Å². The molecule has 1 fully saturated rings. The topological polar surface area (TPSA) is 119 Å². The second-order valence-corrected chi connectivity index (χ2v) is 11.2. The van der Waals surface area contributed by atoms with Crippen LogP contribution in [0.25, 0.3) is 10.9 Å². The van der Waals surface area contributed by atoms with E-state index in [9.17, 15) is 4.79 Å². The standard InChI is InChI=1S/C34H36N6O3/c1-33(29-13-9-17-37-29,32-38-26-22-28(43-3)27(42-2)21-25(26)31(35)39-32)34(23-10-5-4-6-11-23)14-18-40(19-15-34)30(41)20-24-12-7-8-16-36-24/h4-13,16-17,21-22,37H,14-15,18-20H2,1-3H3,(H2,35,38,39). The number of amides is 1. The summed E-state index contributed by atoms with van der Waals surface area (Å²) in [7, 11) is 3.19. The fourth-order valence-electron chi connectivity index (χ4n) is 6.68. The number of hydrogen-bond donors (Lipinski definition) is 2. The summed E-state index contributed by atoms with van der Waals surface area (Å²) in [5.41, 5.74) is 9.04. The Labute approximate surface area is 251 Å². The van der Waals surface area contributed by atoms with Crippen molar-refractivity contribution in [3.05, 3.63) is 108 Å². The molecule has 0 spiro atoms. The molecule has 1 aliphatic heterocycles. The van der Waals surface area contributed by atoms with E-state index in [0.29, 0.717) is 60.0 Å². The Bertz CT molecular complexity index is 1720. The molecule has 9 heteroatoms. The molecule has 0 radical (unpaired) electrons. The van der Waals surface area contributed by atoms with Crippen molar-refractivity contribution in [1.29, 1.82) is 0 Å². The molecule has 220 valence electrons. The number of aromatic nitrogens is 4. The Morgan fingerprint density at radius 2 is 1.70 bits per heavy atom. The third kappa shape index (κ3) is 4.84. The van der Waals surface area contributed by atoms with Gasteiger partial charge in [0.1, 0.15) is 11.6 Å². The van der Waals surface area contributed by atoms with Crippen molar-refractivity contribution in [2.45, 2.75) is 37.0 Å². The molecule has 6 rings (SSSR count). The van der Waals surface area contributed by atoms with Crippen LogP contribution in [0.15, 0.2) is 85.2 Å². The number of pyridine rings is 1. The van der Waals surface area contributed by atoms with E-state index in [1.54, 1.807) is 20.4 Å². The van der Waals surface area contributed by atoms with Crippen LogP contribution >= 0.6 is 0 Å². The van der Waals surface area contributed by atoms with E-state index in [1.165, 1.54) is 5.56 Å². The Morgan fingerprint density at radius 3 is 2.35 bits per heavy atom. The Morgan fingerprint density at radius 1 is 0.977 bits per heavy atom. The summed E-state index contributed by atoms with van der Waals surface area (Å²) in [6, 6.07) is 23.9. The molecule has 4 heterocycles. The van der Waals surface area contributed by atoms with Gasteiger partial charge in [0.05, 0.1) is 31.6 Å². The first-order valence-corrected chi connectivity index (χ1v) is 14.5. The van der Waals surface area contributed by atoms with Gasteiger partial charge in [-0.15, -0.1) is 0 Å². The zero-order valence-corrected chi connectivity index (χ0v) is 24.7. The summed E-state index contributed by atoms with van der Waals surface area (Å²) in [4.78, 5) is 33.3. The minimum absolute atomic E-state index is 0.0779. The van der Waals surface area contributed by atoms with Crippen LogP contribution in [0.1, 0.15) is 42.5 Å². The number of likely N-dealkylation sites (tertiary alicyclic amines) is 1. The monoisotopic (exact) mass is 576 g/mol. The van der Waals surface area contributed by atoms with Crippen LogP contribution in [0.5, 0.6) is 11.5 Å². The predicted octanol–water partition coefficient (Wildman–Crippen LogP) is 5.06. The second kappa shape index (κ2) is 11.4. The van der Waals surface area contributed by atoms with Crippen molar-refractivity contribution < 1.29 is 14.3 Å². The van der Waals surface area contributed by atoms with E-state index in [1.807, 2.05) is 53.6 Å². The van der Waals surface area contributed by atoms with Crippen LogP contribution in [-0.2, 0) is 22.0 Å². The summed E-state index contributed by atoms with van der Waals surface area (Å²) >= 11 is 0. The van der Waals surface area contributed by atoms with E-state index < -0.39 is 10.8 Å². The summed E-state index contributed by atoms with van der Waals surface area (Å²) in [6.07, 6.45) is 5.34. The lowest BCUT2D eigenvalue weighted by atomic mass is 9.54. The number of H-pyrrole nitrogens is 1. The number of rotatable bonds is 8. The molecule has 0 bridgehead atoms.